The second-order valence-electron chi connectivity index (χ2n) is 12.0. The van der Waals surface area contributed by atoms with Crippen LogP contribution >= 0.6 is 0 Å². The highest BCUT2D eigenvalue weighted by Crippen LogP contribution is 2.34. The van der Waals surface area contributed by atoms with Crippen LogP contribution in [0.25, 0.3) is 0 Å². The lowest BCUT2D eigenvalue weighted by molar-refractivity contribution is -0.137. The zero-order chi connectivity index (χ0) is 31.3. The molecule has 1 heterocycles. The zero-order valence-electron chi connectivity index (χ0n) is 24.9. The summed E-state index contributed by atoms with van der Waals surface area (Å²) in [6, 6.07) is 17.6. The first-order valence-electron chi connectivity index (χ1n) is 15.4. The monoisotopic (exact) mass is 627 g/mol. The van der Waals surface area contributed by atoms with Crippen molar-refractivity contribution in [2.75, 3.05) is 19.6 Å². The van der Waals surface area contributed by atoms with Gasteiger partial charge in [0.05, 0.1) is 22.5 Å². The van der Waals surface area contributed by atoms with Gasteiger partial charge in [-0.15, -0.1) is 0 Å². The molecular formula is C34H40F3N3O3S. The van der Waals surface area contributed by atoms with E-state index in [9.17, 15) is 26.4 Å². The third-order valence-electron chi connectivity index (χ3n) is 8.73. The van der Waals surface area contributed by atoms with Gasteiger partial charge in [-0.3, -0.25) is 4.79 Å². The molecule has 1 saturated heterocycles. The van der Waals surface area contributed by atoms with Gasteiger partial charge in [0.2, 0.25) is 15.9 Å². The maximum Gasteiger partial charge on any atom is 0.416 e. The lowest BCUT2D eigenvalue weighted by Crippen LogP contribution is -2.36. The predicted octanol–water partition coefficient (Wildman–Crippen LogP) is 6.90. The molecule has 0 bridgehead atoms. The Morgan fingerprint density at radius 1 is 0.932 bits per heavy atom. The SMILES string of the molecule is C[C@H](CN1CCCCC1)c1ccc2c(c1)CCC[C@H]2NC(=O)C[C@@H](NS(=O)(=O)c1cccc(C(F)(F)F)c1)c1ccccc1. The van der Waals surface area contributed by atoms with Crippen LogP contribution in [0.2, 0.25) is 0 Å². The lowest BCUT2D eigenvalue weighted by Gasteiger charge is -2.31. The van der Waals surface area contributed by atoms with Crippen LogP contribution in [-0.4, -0.2) is 38.9 Å². The molecule has 0 spiro atoms. The van der Waals surface area contributed by atoms with Gasteiger partial charge in [-0.05, 0) is 91.6 Å². The van der Waals surface area contributed by atoms with Crippen LogP contribution in [0.15, 0.2) is 77.7 Å². The standard InChI is InChI=1S/C34H40F3N3O3S/c1-24(23-40-18-6-3-7-19-40)26-16-17-30-27(20-26)12-8-15-31(30)38-33(41)22-32(25-10-4-2-5-11-25)39-44(42,43)29-14-9-13-28(21-29)34(35,36)37/h2,4-5,9-11,13-14,16-17,20-21,24,31-32,39H,3,6-8,12,15,18-19,22-23H2,1H3,(H,38,41)/t24-,31-,32-/m1/s1. The van der Waals surface area contributed by atoms with Crippen molar-refractivity contribution in [1.29, 1.82) is 0 Å². The minimum atomic E-state index is -4.69. The second kappa shape index (κ2) is 13.8. The van der Waals surface area contributed by atoms with E-state index < -0.39 is 32.7 Å². The smallest absolute Gasteiger partial charge is 0.349 e. The molecule has 2 aliphatic rings. The summed E-state index contributed by atoms with van der Waals surface area (Å²) in [5.74, 6) is 0.0656. The Morgan fingerprint density at radius 3 is 2.41 bits per heavy atom. The Balaban J connectivity index is 1.29. The van der Waals surface area contributed by atoms with Gasteiger partial charge in [0.1, 0.15) is 0 Å². The molecule has 3 aromatic carbocycles. The van der Waals surface area contributed by atoms with Crippen molar-refractivity contribution in [3.63, 3.8) is 0 Å². The zero-order valence-corrected chi connectivity index (χ0v) is 25.8. The Bertz CT molecular complexity index is 1540. The molecule has 44 heavy (non-hydrogen) atoms. The number of hydrogen-bond acceptors (Lipinski definition) is 4. The summed E-state index contributed by atoms with van der Waals surface area (Å²) < 4.78 is 68.8. The largest absolute Gasteiger partial charge is 0.416 e. The molecule has 1 fully saturated rings. The average Bonchev–Trinajstić information content (AvgIpc) is 3.01. The number of alkyl halides is 3. The number of benzene rings is 3. The first kappa shape index (κ1) is 32.2. The summed E-state index contributed by atoms with van der Waals surface area (Å²) in [4.78, 5) is 15.4. The van der Waals surface area contributed by atoms with Gasteiger partial charge in [-0.2, -0.15) is 13.2 Å². The summed E-state index contributed by atoms with van der Waals surface area (Å²) in [5, 5.41) is 3.11. The quantitative estimate of drug-likeness (QED) is 0.257. The number of aryl methyl sites for hydroxylation is 1. The molecule has 2 N–H and O–H groups in total. The number of rotatable bonds is 10. The van der Waals surface area contributed by atoms with E-state index in [4.69, 9.17) is 0 Å². The fourth-order valence-corrected chi connectivity index (χ4v) is 7.64. The van der Waals surface area contributed by atoms with Crippen molar-refractivity contribution < 1.29 is 26.4 Å². The Kier molecular flexibility index (Phi) is 10.1. The summed E-state index contributed by atoms with van der Waals surface area (Å²) in [6.45, 7) is 5.62. The number of piperidine rings is 1. The number of hydrogen-bond donors (Lipinski definition) is 2. The van der Waals surface area contributed by atoms with Gasteiger partial charge >= 0.3 is 6.18 Å². The Morgan fingerprint density at radius 2 is 1.68 bits per heavy atom. The molecule has 10 heteroatoms. The number of nitrogens with one attached hydrogen (secondary N) is 2. The minimum absolute atomic E-state index is 0.200. The van der Waals surface area contributed by atoms with E-state index in [1.54, 1.807) is 30.3 Å². The highest BCUT2D eigenvalue weighted by atomic mass is 32.2. The molecule has 1 aliphatic carbocycles. The molecule has 0 radical (unpaired) electrons. The van der Waals surface area contributed by atoms with Crippen LogP contribution in [0.3, 0.4) is 0 Å². The highest BCUT2D eigenvalue weighted by molar-refractivity contribution is 7.89. The predicted molar refractivity (Wildman–Crippen MR) is 165 cm³/mol. The first-order valence-corrected chi connectivity index (χ1v) is 16.9. The second-order valence-corrected chi connectivity index (χ2v) is 13.8. The van der Waals surface area contributed by atoms with E-state index in [0.717, 1.165) is 62.7 Å². The van der Waals surface area contributed by atoms with Gasteiger partial charge < -0.3 is 10.2 Å². The van der Waals surface area contributed by atoms with Crippen LogP contribution in [0.5, 0.6) is 0 Å². The molecule has 3 atom stereocenters. The molecule has 0 unspecified atom stereocenters. The Labute approximate surface area is 258 Å². The summed E-state index contributed by atoms with van der Waals surface area (Å²) in [6.07, 6.45) is 1.57. The topological polar surface area (TPSA) is 78.5 Å². The van der Waals surface area contributed by atoms with E-state index in [-0.39, 0.29) is 18.4 Å². The summed E-state index contributed by atoms with van der Waals surface area (Å²) >= 11 is 0. The van der Waals surface area contributed by atoms with Crippen LogP contribution in [0.4, 0.5) is 13.2 Å². The van der Waals surface area contributed by atoms with E-state index in [0.29, 0.717) is 17.5 Å². The third kappa shape index (κ3) is 8.08. The fraction of sp³-hybridized carbons (Fsp3) is 0.441. The number of likely N-dealkylation sites (tertiary alicyclic amines) is 1. The normalized spacial score (nSPS) is 19.1. The molecule has 0 aromatic heterocycles. The molecule has 236 valence electrons. The van der Waals surface area contributed by atoms with E-state index >= 15 is 0 Å². The third-order valence-corrected chi connectivity index (χ3v) is 10.2. The van der Waals surface area contributed by atoms with Gasteiger partial charge in [-0.1, -0.05) is 67.9 Å². The fourth-order valence-electron chi connectivity index (χ4n) is 6.37. The number of carbonyl (C=O) groups is 1. The Hall–Kier alpha value is -3.21. The van der Waals surface area contributed by atoms with Crippen molar-refractivity contribution in [3.05, 3.63) is 101 Å². The number of carbonyl (C=O) groups excluding carboxylic acids is 1. The number of nitrogens with zero attached hydrogens (tertiary/aromatic N) is 1. The van der Waals surface area contributed by atoms with Gasteiger partial charge in [-0.25, -0.2) is 13.1 Å². The molecule has 5 rings (SSSR count). The van der Waals surface area contributed by atoms with Crippen molar-refractivity contribution in [2.45, 2.75) is 80.9 Å². The molecule has 1 aliphatic heterocycles. The maximum atomic E-state index is 13.4. The molecule has 0 saturated carbocycles. The maximum absolute atomic E-state index is 13.4. The van der Waals surface area contributed by atoms with Crippen LogP contribution < -0.4 is 10.0 Å². The van der Waals surface area contributed by atoms with E-state index in [2.05, 4.69) is 40.1 Å². The molecule has 3 aromatic rings. The van der Waals surface area contributed by atoms with Crippen molar-refractivity contribution in [1.82, 2.24) is 14.9 Å². The van der Waals surface area contributed by atoms with Crippen molar-refractivity contribution in [2.24, 2.45) is 0 Å². The van der Waals surface area contributed by atoms with E-state index in [1.165, 1.54) is 30.4 Å². The molecule has 6 nitrogen and oxygen atoms in total. The van der Waals surface area contributed by atoms with Crippen molar-refractivity contribution in [3.8, 4) is 0 Å². The van der Waals surface area contributed by atoms with E-state index in [1.807, 2.05) is 0 Å². The number of fused-ring (bicyclic) bond motifs is 1. The summed E-state index contributed by atoms with van der Waals surface area (Å²) in [5.41, 5.74) is 3.09. The number of halogens is 3. The molecular weight excluding hydrogens is 587 g/mol. The van der Waals surface area contributed by atoms with Crippen molar-refractivity contribution >= 4 is 15.9 Å². The number of sulfonamides is 1. The van der Waals surface area contributed by atoms with Gasteiger partial charge in [0.25, 0.3) is 0 Å². The highest BCUT2D eigenvalue weighted by Gasteiger charge is 2.33. The van der Waals surface area contributed by atoms with Crippen LogP contribution in [0, 0.1) is 0 Å². The van der Waals surface area contributed by atoms with Crippen LogP contribution in [-0.2, 0) is 27.4 Å². The lowest BCUT2D eigenvalue weighted by atomic mass is 9.84. The van der Waals surface area contributed by atoms with Crippen LogP contribution in [0.1, 0.15) is 91.3 Å². The minimum Gasteiger partial charge on any atom is -0.349 e. The number of amides is 1. The van der Waals surface area contributed by atoms with Gasteiger partial charge in [0.15, 0.2) is 0 Å². The average molecular weight is 628 g/mol. The summed E-state index contributed by atoms with van der Waals surface area (Å²) in [7, 11) is -4.38. The molecule has 1 amide bonds. The first-order chi connectivity index (χ1) is 21.0. The van der Waals surface area contributed by atoms with Gasteiger partial charge in [0, 0.05) is 13.0 Å².